The van der Waals surface area contributed by atoms with Gasteiger partial charge in [0.15, 0.2) is 0 Å². The van der Waals surface area contributed by atoms with Gasteiger partial charge in [-0.3, -0.25) is 0 Å². The number of rotatable bonds is 3. The number of carbonyl (C=O) groups excluding carboxylic acids is 2. The maximum Gasteiger partial charge on any atom is 0.338 e. The van der Waals surface area contributed by atoms with Crippen LogP contribution in [0.5, 0.6) is 0 Å². The lowest BCUT2D eigenvalue weighted by Crippen LogP contribution is -2.47. The summed E-state index contributed by atoms with van der Waals surface area (Å²) in [4.78, 5) is 27.1. The first-order chi connectivity index (χ1) is 10.8. The average Bonchev–Trinajstić information content (AvgIpc) is 2.49. The summed E-state index contributed by atoms with van der Waals surface area (Å²) in [6.07, 6.45) is 0. The molecule has 0 saturated carbocycles. The molecule has 2 rings (SSSR count). The summed E-state index contributed by atoms with van der Waals surface area (Å²) in [5, 5.41) is 0. The number of allylic oxidation sites excluding steroid dienone is 1. The molecule has 23 heavy (non-hydrogen) atoms. The van der Waals surface area contributed by atoms with Crippen LogP contribution in [0.3, 0.4) is 0 Å². The number of urea groups is 1. The molecule has 0 fully saturated rings. The van der Waals surface area contributed by atoms with Gasteiger partial charge < -0.3 is 14.5 Å². The maximum atomic E-state index is 14.2. The second-order valence-corrected chi connectivity index (χ2v) is 5.24. The SMILES string of the molecule is CCOC(=O)C1=C(C)N(C)C(=O)N(C)[C@@H]1c1ccc(F)cc1F. The van der Waals surface area contributed by atoms with Crippen molar-refractivity contribution in [1.29, 1.82) is 0 Å². The number of esters is 1. The van der Waals surface area contributed by atoms with E-state index in [1.807, 2.05) is 0 Å². The van der Waals surface area contributed by atoms with Gasteiger partial charge in [0.1, 0.15) is 11.6 Å². The molecule has 1 atom stereocenters. The summed E-state index contributed by atoms with van der Waals surface area (Å²) in [7, 11) is 2.97. The third kappa shape index (κ3) is 2.91. The highest BCUT2D eigenvalue weighted by molar-refractivity contribution is 5.94. The van der Waals surface area contributed by atoms with Crippen molar-refractivity contribution in [1.82, 2.24) is 9.80 Å². The molecule has 0 unspecified atom stereocenters. The fourth-order valence-electron chi connectivity index (χ4n) is 2.62. The Kier molecular flexibility index (Phi) is 4.68. The van der Waals surface area contributed by atoms with Gasteiger partial charge in [-0.2, -0.15) is 0 Å². The van der Waals surface area contributed by atoms with E-state index in [4.69, 9.17) is 4.74 Å². The van der Waals surface area contributed by atoms with E-state index < -0.39 is 29.7 Å². The summed E-state index contributed by atoms with van der Waals surface area (Å²) >= 11 is 0. The molecule has 1 aromatic carbocycles. The van der Waals surface area contributed by atoms with Gasteiger partial charge in [-0.15, -0.1) is 0 Å². The third-order valence-electron chi connectivity index (χ3n) is 3.89. The predicted octanol–water partition coefficient (Wildman–Crippen LogP) is 2.84. The Morgan fingerprint density at radius 3 is 2.52 bits per heavy atom. The summed E-state index contributed by atoms with van der Waals surface area (Å²) in [6.45, 7) is 3.39. The number of hydrogen-bond donors (Lipinski definition) is 0. The number of hydrogen-bond acceptors (Lipinski definition) is 3. The fourth-order valence-corrected chi connectivity index (χ4v) is 2.62. The van der Waals surface area contributed by atoms with Gasteiger partial charge in [-0.25, -0.2) is 18.4 Å². The molecule has 1 aliphatic heterocycles. The Morgan fingerprint density at radius 1 is 1.30 bits per heavy atom. The standard InChI is InChI=1S/C16H18F2N2O3/c1-5-23-15(21)13-9(2)19(3)16(22)20(4)14(13)11-7-6-10(17)8-12(11)18/h6-8,14H,5H2,1-4H3/t14-/m1/s1. The Hall–Kier alpha value is -2.44. The van der Waals surface area contributed by atoms with Gasteiger partial charge in [-0.05, 0) is 19.9 Å². The van der Waals surface area contributed by atoms with Crippen LogP contribution in [-0.2, 0) is 9.53 Å². The normalized spacial score (nSPS) is 18.5. The molecule has 1 aromatic rings. The topological polar surface area (TPSA) is 49.9 Å². The minimum absolute atomic E-state index is 0.0396. The summed E-state index contributed by atoms with van der Waals surface area (Å²) in [6, 6.07) is 1.68. The van der Waals surface area contributed by atoms with Crippen molar-refractivity contribution < 1.29 is 23.1 Å². The van der Waals surface area contributed by atoms with E-state index >= 15 is 0 Å². The van der Waals surface area contributed by atoms with Crippen LogP contribution in [0.15, 0.2) is 29.5 Å². The van der Waals surface area contributed by atoms with E-state index in [2.05, 4.69) is 0 Å². The molecular formula is C16H18F2N2O3. The van der Waals surface area contributed by atoms with Crippen LogP contribution in [0.25, 0.3) is 0 Å². The van der Waals surface area contributed by atoms with E-state index in [1.165, 1.54) is 30.0 Å². The van der Waals surface area contributed by atoms with Crippen molar-refractivity contribution in [3.63, 3.8) is 0 Å². The number of amides is 2. The Labute approximate surface area is 133 Å². The molecule has 7 heteroatoms. The lowest BCUT2D eigenvalue weighted by atomic mass is 9.93. The van der Waals surface area contributed by atoms with Crippen molar-refractivity contribution >= 4 is 12.0 Å². The van der Waals surface area contributed by atoms with E-state index in [-0.39, 0.29) is 17.7 Å². The van der Waals surface area contributed by atoms with Crippen molar-refractivity contribution in [2.24, 2.45) is 0 Å². The lowest BCUT2D eigenvalue weighted by molar-refractivity contribution is -0.139. The van der Waals surface area contributed by atoms with Crippen LogP contribution in [0, 0.1) is 11.6 Å². The zero-order valence-electron chi connectivity index (χ0n) is 13.4. The third-order valence-corrected chi connectivity index (χ3v) is 3.89. The zero-order chi connectivity index (χ0) is 17.3. The van der Waals surface area contributed by atoms with Gasteiger partial charge in [0.2, 0.25) is 0 Å². The largest absolute Gasteiger partial charge is 0.463 e. The molecule has 0 aromatic heterocycles. The highest BCUT2D eigenvalue weighted by Gasteiger charge is 2.40. The molecule has 0 spiro atoms. The summed E-state index contributed by atoms with van der Waals surface area (Å²) in [5.41, 5.74) is 0.569. The summed E-state index contributed by atoms with van der Waals surface area (Å²) < 4.78 is 32.4. The van der Waals surface area contributed by atoms with Crippen LogP contribution in [0.1, 0.15) is 25.5 Å². The first-order valence-corrected chi connectivity index (χ1v) is 7.12. The van der Waals surface area contributed by atoms with E-state index in [1.54, 1.807) is 13.8 Å². The number of benzene rings is 1. The molecular weight excluding hydrogens is 306 g/mol. The van der Waals surface area contributed by atoms with Crippen LogP contribution >= 0.6 is 0 Å². The molecule has 5 nitrogen and oxygen atoms in total. The molecule has 0 radical (unpaired) electrons. The fraction of sp³-hybridized carbons (Fsp3) is 0.375. The van der Waals surface area contributed by atoms with Gasteiger partial charge >= 0.3 is 12.0 Å². The number of likely N-dealkylation sites (N-methyl/N-ethyl adjacent to an activating group) is 1. The van der Waals surface area contributed by atoms with Crippen LogP contribution in [-0.4, -0.2) is 42.5 Å². The second kappa shape index (κ2) is 6.36. The minimum Gasteiger partial charge on any atom is -0.463 e. The monoisotopic (exact) mass is 324 g/mol. The van der Waals surface area contributed by atoms with Gasteiger partial charge in [0, 0.05) is 31.4 Å². The first kappa shape index (κ1) is 16.9. The molecule has 1 heterocycles. The maximum absolute atomic E-state index is 14.2. The van der Waals surface area contributed by atoms with Crippen molar-refractivity contribution in [3.8, 4) is 0 Å². The smallest absolute Gasteiger partial charge is 0.338 e. The van der Waals surface area contributed by atoms with Crippen LogP contribution in [0.4, 0.5) is 13.6 Å². The molecule has 0 aliphatic carbocycles. The average molecular weight is 324 g/mol. The van der Waals surface area contributed by atoms with E-state index in [9.17, 15) is 18.4 Å². The van der Waals surface area contributed by atoms with E-state index in [0.29, 0.717) is 5.70 Å². The quantitative estimate of drug-likeness (QED) is 0.803. The molecule has 0 N–H and O–H groups in total. The van der Waals surface area contributed by atoms with Crippen molar-refractivity contribution in [3.05, 3.63) is 46.7 Å². The number of nitrogens with zero attached hydrogens (tertiary/aromatic N) is 2. The Bertz CT molecular complexity index is 688. The summed E-state index contributed by atoms with van der Waals surface area (Å²) in [5.74, 6) is -2.19. The molecule has 1 aliphatic rings. The number of carbonyl (C=O) groups is 2. The Balaban J connectivity index is 2.64. The molecule has 2 amide bonds. The highest BCUT2D eigenvalue weighted by Crippen LogP contribution is 2.37. The second-order valence-electron chi connectivity index (χ2n) is 5.24. The minimum atomic E-state index is -0.974. The van der Waals surface area contributed by atoms with Gasteiger partial charge in [0.25, 0.3) is 0 Å². The lowest BCUT2D eigenvalue weighted by Gasteiger charge is -2.39. The van der Waals surface area contributed by atoms with Gasteiger partial charge in [-0.1, -0.05) is 6.07 Å². The van der Waals surface area contributed by atoms with Crippen LogP contribution in [0.2, 0.25) is 0 Å². The number of halogens is 2. The molecule has 0 bridgehead atoms. The van der Waals surface area contributed by atoms with Crippen LogP contribution < -0.4 is 0 Å². The van der Waals surface area contributed by atoms with Crippen molar-refractivity contribution in [2.45, 2.75) is 19.9 Å². The number of ether oxygens (including phenoxy) is 1. The molecule has 0 saturated heterocycles. The highest BCUT2D eigenvalue weighted by atomic mass is 19.1. The molecule has 124 valence electrons. The Morgan fingerprint density at radius 2 is 1.96 bits per heavy atom. The predicted molar refractivity (Wildman–Crippen MR) is 79.4 cm³/mol. The first-order valence-electron chi connectivity index (χ1n) is 7.12. The van der Waals surface area contributed by atoms with Gasteiger partial charge in [0.05, 0.1) is 18.2 Å². The zero-order valence-corrected chi connectivity index (χ0v) is 13.4. The van der Waals surface area contributed by atoms with E-state index in [0.717, 1.165) is 12.1 Å². The van der Waals surface area contributed by atoms with Crippen molar-refractivity contribution in [2.75, 3.05) is 20.7 Å².